The van der Waals surface area contributed by atoms with Crippen molar-refractivity contribution in [3.63, 3.8) is 0 Å². The molecule has 0 bridgehead atoms. The molecule has 2 aromatic rings. The number of aliphatic imine (C=N–C) groups is 1. The van der Waals surface area contributed by atoms with Gasteiger partial charge in [0.25, 0.3) is 0 Å². The summed E-state index contributed by atoms with van der Waals surface area (Å²) < 4.78 is 19.8. The highest BCUT2D eigenvalue weighted by Crippen LogP contribution is 2.37. The zero-order chi connectivity index (χ0) is 25.1. The fraction of sp³-hybridized carbons (Fsp3) is 0.333. The Balaban J connectivity index is 1.78. The highest BCUT2D eigenvalue weighted by molar-refractivity contribution is 6.35. The molecular formula is C24H24Cl2FN5O3. The van der Waals surface area contributed by atoms with Crippen LogP contribution in [0.25, 0.3) is 0 Å². The van der Waals surface area contributed by atoms with Crippen molar-refractivity contribution in [2.75, 3.05) is 39.8 Å². The molecular weight excluding hydrogens is 496 g/mol. The van der Waals surface area contributed by atoms with Gasteiger partial charge in [-0.25, -0.2) is 14.2 Å². The first-order chi connectivity index (χ1) is 16.8. The van der Waals surface area contributed by atoms with E-state index in [1.54, 1.807) is 30.0 Å². The second-order valence-corrected chi connectivity index (χ2v) is 9.01. The molecule has 0 aliphatic carbocycles. The van der Waals surface area contributed by atoms with Crippen molar-refractivity contribution in [2.24, 2.45) is 4.99 Å². The number of hydrogen-bond donors (Lipinski definition) is 1. The van der Waals surface area contributed by atoms with Crippen molar-refractivity contribution in [3.8, 4) is 0 Å². The molecule has 1 unspecified atom stereocenters. The molecule has 3 heterocycles. The molecule has 2 aliphatic rings. The van der Waals surface area contributed by atoms with Crippen LogP contribution in [0.5, 0.6) is 0 Å². The second-order valence-electron chi connectivity index (χ2n) is 8.17. The maximum atomic E-state index is 14.7. The molecule has 1 atom stereocenters. The number of piperazine rings is 1. The SMILES string of the molecule is COC(=O)C1=C(CN2CCN(C(C)=O)CC2)NC(c2ncccc2F)=NC1c1ccc(Cl)cc1Cl. The fourth-order valence-electron chi connectivity index (χ4n) is 4.14. The van der Waals surface area contributed by atoms with Crippen molar-refractivity contribution in [2.45, 2.75) is 13.0 Å². The normalized spacial score (nSPS) is 18.7. The van der Waals surface area contributed by atoms with Gasteiger partial charge in [0.05, 0.1) is 12.7 Å². The predicted octanol–water partition coefficient (Wildman–Crippen LogP) is 3.21. The minimum Gasteiger partial charge on any atom is -0.466 e. The molecule has 1 N–H and O–H groups in total. The van der Waals surface area contributed by atoms with E-state index in [-0.39, 0.29) is 23.0 Å². The first kappa shape index (κ1) is 25.1. The van der Waals surface area contributed by atoms with Crippen molar-refractivity contribution in [3.05, 3.63) is 74.9 Å². The molecule has 184 valence electrons. The Bertz CT molecular complexity index is 1210. The van der Waals surface area contributed by atoms with Crippen LogP contribution in [0.1, 0.15) is 24.2 Å². The Morgan fingerprint density at radius 3 is 2.57 bits per heavy atom. The number of rotatable bonds is 5. The molecule has 4 rings (SSSR count). The number of pyridine rings is 1. The van der Waals surface area contributed by atoms with Crippen molar-refractivity contribution < 1.29 is 18.7 Å². The molecule has 0 saturated carbocycles. The summed E-state index contributed by atoms with van der Waals surface area (Å²) in [5.41, 5.74) is 1.29. The first-order valence-corrected chi connectivity index (χ1v) is 11.7. The number of benzene rings is 1. The van der Waals surface area contributed by atoms with E-state index in [4.69, 9.17) is 27.9 Å². The lowest BCUT2D eigenvalue weighted by atomic mass is 9.95. The zero-order valence-electron chi connectivity index (χ0n) is 19.2. The van der Waals surface area contributed by atoms with E-state index in [2.05, 4.69) is 20.2 Å². The van der Waals surface area contributed by atoms with Crippen LogP contribution >= 0.6 is 23.2 Å². The van der Waals surface area contributed by atoms with Crippen LogP contribution in [0, 0.1) is 5.82 Å². The van der Waals surface area contributed by atoms with Gasteiger partial charge in [-0.05, 0) is 24.3 Å². The van der Waals surface area contributed by atoms with Crippen LogP contribution in [0.15, 0.2) is 52.8 Å². The van der Waals surface area contributed by atoms with E-state index in [0.29, 0.717) is 54.0 Å². The number of halogens is 3. The number of nitrogens with zero attached hydrogens (tertiary/aromatic N) is 4. The number of nitrogens with one attached hydrogen (secondary N) is 1. The van der Waals surface area contributed by atoms with Gasteiger partial charge in [-0.3, -0.25) is 14.7 Å². The quantitative estimate of drug-likeness (QED) is 0.610. The Labute approximate surface area is 212 Å². The maximum absolute atomic E-state index is 14.7. The van der Waals surface area contributed by atoms with Gasteiger partial charge in [0.15, 0.2) is 11.7 Å². The third-order valence-corrected chi connectivity index (χ3v) is 6.53. The number of esters is 1. The maximum Gasteiger partial charge on any atom is 0.338 e. The molecule has 1 aromatic carbocycles. The number of carbonyl (C=O) groups excluding carboxylic acids is 2. The summed E-state index contributed by atoms with van der Waals surface area (Å²) in [5.74, 6) is -0.956. The zero-order valence-corrected chi connectivity index (χ0v) is 20.7. The van der Waals surface area contributed by atoms with Crippen LogP contribution in [-0.4, -0.2) is 72.3 Å². The second kappa shape index (κ2) is 10.7. The molecule has 0 spiro atoms. The van der Waals surface area contributed by atoms with Crippen LogP contribution in [-0.2, 0) is 14.3 Å². The van der Waals surface area contributed by atoms with E-state index < -0.39 is 17.8 Å². The van der Waals surface area contributed by atoms with E-state index in [9.17, 15) is 14.0 Å². The highest BCUT2D eigenvalue weighted by atomic mass is 35.5. The van der Waals surface area contributed by atoms with Gasteiger partial charge in [0.2, 0.25) is 5.91 Å². The number of carbonyl (C=O) groups is 2. The van der Waals surface area contributed by atoms with Gasteiger partial charge in [-0.2, -0.15) is 0 Å². The number of methoxy groups -OCH3 is 1. The number of hydrogen-bond acceptors (Lipinski definition) is 7. The summed E-state index contributed by atoms with van der Waals surface area (Å²) in [7, 11) is 1.29. The Morgan fingerprint density at radius 2 is 1.94 bits per heavy atom. The minimum absolute atomic E-state index is 0.0189. The van der Waals surface area contributed by atoms with Gasteiger partial charge >= 0.3 is 5.97 Å². The van der Waals surface area contributed by atoms with Crippen LogP contribution < -0.4 is 5.32 Å². The fourth-order valence-corrected chi connectivity index (χ4v) is 4.66. The molecule has 1 fully saturated rings. The lowest BCUT2D eigenvalue weighted by Crippen LogP contribution is -2.50. The Morgan fingerprint density at radius 1 is 1.20 bits per heavy atom. The summed E-state index contributed by atoms with van der Waals surface area (Å²) in [6, 6.07) is 6.79. The van der Waals surface area contributed by atoms with E-state index in [1.165, 1.54) is 25.4 Å². The summed E-state index contributed by atoms with van der Waals surface area (Å²) >= 11 is 12.6. The number of amides is 1. The van der Waals surface area contributed by atoms with E-state index in [0.717, 1.165) is 0 Å². The van der Waals surface area contributed by atoms with Gasteiger partial charge in [0, 0.05) is 67.2 Å². The lowest BCUT2D eigenvalue weighted by molar-refractivity contribution is -0.136. The van der Waals surface area contributed by atoms with Crippen LogP contribution in [0.3, 0.4) is 0 Å². The van der Waals surface area contributed by atoms with Gasteiger partial charge in [-0.1, -0.05) is 29.3 Å². The van der Waals surface area contributed by atoms with E-state index in [1.807, 2.05) is 0 Å². The molecule has 1 amide bonds. The lowest BCUT2D eigenvalue weighted by Gasteiger charge is -2.36. The minimum atomic E-state index is -0.876. The predicted molar refractivity (Wildman–Crippen MR) is 131 cm³/mol. The van der Waals surface area contributed by atoms with Crippen molar-refractivity contribution in [1.29, 1.82) is 0 Å². The highest BCUT2D eigenvalue weighted by Gasteiger charge is 2.35. The van der Waals surface area contributed by atoms with Crippen molar-refractivity contribution >= 4 is 40.9 Å². The smallest absolute Gasteiger partial charge is 0.338 e. The van der Waals surface area contributed by atoms with Gasteiger partial charge < -0.3 is 15.0 Å². The monoisotopic (exact) mass is 519 g/mol. The molecule has 11 heteroatoms. The average Bonchev–Trinajstić information content (AvgIpc) is 2.84. The summed E-state index contributed by atoms with van der Waals surface area (Å²) in [6.07, 6.45) is 1.47. The standard InChI is InChI=1S/C24H24Cl2FN5O3/c1-14(33)32-10-8-31(9-11-32)13-19-20(24(34)35-2)21(16-6-5-15(25)12-17(16)26)30-23(29-19)22-18(27)4-3-7-28-22/h3-7,12,21H,8-11,13H2,1-2H3,(H,29,30). The first-order valence-electron chi connectivity index (χ1n) is 11.0. The van der Waals surface area contributed by atoms with Crippen LogP contribution in [0.4, 0.5) is 4.39 Å². The van der Waals surface area contributed by atoms with Gasteiger partial charge in [-0.15, -0.1) is 0 Å². The number of amidine groups is 1. The molecule has 2 aliphatic heterocycles. The molecule has 35 heavy (non-hydrogen) atoms. The van der Waals surface area contributed by atoms with E-state index >= 15 is 0 Å². The third-order valence-electron chi connectivity index (χ3n) is 5.97. The molecule has 1 saturated heterocycles. The van der Waals surface area contributed by atoms with Crippen LogP contribution in [0.2, 0.25) is 10.0 Å². The van der Waals surface area contributed by atoms with Gasteiger partial charge in [0.1, 0.15) is 11.7 Å². The molecule has 8 nitrogen and oxygen atoms in total. The topological polar surface area (TPSA) is 87.1 Å². The largest absolute Gasteiger partial charge is 0.466 e. The molecule has 0 radical (unpaired) electrons. The molecule has 1 aromatic heterocycles. The van der Waals surface area contributed by atoms with Crippen molar-refractivity contribution in [1.82, 2.24) is 20.1 Å². The Hall–Kier alpha value is -3.01. The number of ether oxygens (including phenoxy) is 1. The summed E-state index contributed by atoms with van der Waals surface area (Å²) in [5, 5.41) is 3.86. The summed E-state index contributed by atoms with van der Waals surface area (Å²) in [6.45, 7) is 4.22. The number of aromatic nitrogens is 1. The Kier molecular flexibility index (Phi) is 7.69. The third kappa shape index (κ3) is 5.47. The summed E-state index contributed by atoms with van der Waals surface area (Å²) in [4.78, 5) is 37.4. The average molecular weight is 520 g/mol.